The molecule has 2 heterocycles. The number of carbonyl (C=O) groups excluding carboxylic acids is 1. The zero-order chi connectivity index (χ0) is 14.1. The Kier molecular flexibility index (Phi) is 3.76. The van der Waals surface area contributed by atoms with Crippen molar-refractivity contribution in [2.45, 2.75) is 25.9 Å². The number of amides is 1. The van der Waals surface area contributed by atoms with Crippen LogP contribution in [0.5, 0.6) is 0 Å². The van der Waals surface area contributed by atoms with Gasteiger partial charge in [0.1, 0.15) is 0 Å². The molecule has 0 bridgehead atoms. The summed E-state index contributed by atoms with van der Waals surface area (Å²) in [5.41, 5.74) is 2.34. The van der Waals surface area contributed by atoms with Crippen molar-refractivity contribution in [2.24, 2.45) is 5.92 Å². The molecular formula is C16H22N2O2. The highest BCUT2D eigenvalue weighted by molar-refractivity contribution is 5.96. The molecule has 1 saturated heterocycles. The molecule has 1 amide bonds. The Morgan fingerprint density at radius 3 is 2.95 bits per heavy atom. The van der Waals surface area contributed by atoms with Crippen LogP contribution in [-0.4, -0.2) is 48.2 Å². The SMILES string of the molecule is CC1CN(CC(=O)N2CCc3ccccc32)CCC1O. The lowest BCUT2D eigenvalue weighted by atomic mass is 9.97. The van der Waals surface area contributed by atoms with E-state index in [2.05, 4.69) is 11.0 Å². The maximum Gasteiger partial charge on any atom is 0.241 e. The first-order valence-electron chi connectivity index (χ1n) is 7.44. The first-order valence-corrected chi connectivity index (χ1v) is 7.44. The van der Waals surface area contributed by atoms with E-state index in [9.17, 15) is 9.90 Å². The maximum absolute atomic E-state index is 12.5. The van der Waals surface area contributed by atoms with Crippen LogP contribution >= 0.6 is 0 Å². The number of benzene rings is 1. The minimum atomic E-state index is -0.214. The fraction of sp³-hybridized carbons (Fsp3) is 0.562. The standard InChI is InChI=1S/C16H22N2O2/c1-12-10-17(8-7-15(12)19)11-16(20)18-9-6-13-4-2-3-5-14(13)18/h2-5,12,15,19H,6-11H2,1H3. The second-order valence-electron chi connectivity index (χ2n) is 5.99. The molecule has 2 aliphatic heterocycles. The van der Waals surface area contributed by atoms with Crippen LogP contribution in [0.15, 0.2) is 24.3 Å². The van der Waals surface area contributed by atoms with Crippen LogP contribution in [0.25, 0.3) is 0 Å². The molecular weight excluding hydrogens is 252 g/mol. The Hall–Kier alpha value is -1.39. The summed E-state index contributed by atoms with van der Waals surface area (Å²) in [4.78, 5) is 16.6. The van der Waals surface area contributed by atoms with Crippen molar-refractivity contribution in [2.75, 3.05) is 31.1 Å². The summed E-state index contributed by atoms with van der Waals surface area (Å²) >= 11 is 0. The predicted octanol–water partition coefficient (Wildman–Crippen LogP) is 1.28. The molecule has 2 unspecified atom stereocenters. The highest BCUT2D eigenvalue weighted by Crippen LogP contribution is 2.27. The molecule has 2 atom stereocenters. The molecule has 0 spiro atoms. The van der Waals surface area contributed by atoms with Crippen LogP contribution in [-0.2, 0) is 11.2 Å². The second-order valence-corrected chi connectivity index (χ2v) is 5.99. The van der Waals surface area contributed by atoms with Gasteiger partial charge in [-0.2, -0.15) is 0 Å². The topological polar surface area (TPSA) is 43.8 Å². The average molecular weight is 274 g/mol. The highest BCUT2D eigenvalue weighted by Gasteiger charge is 2.29. The second kappa shape index (κ2) is 5.54. The van der Waals surface area contributed by atoms with Crippen LogP contribution in [0.2, 0.25) is 0 Å². The average Bonchev–Trinajstić information content (AvgIpc) is 2.87. The van der Waals surface area contributed by atoms with Gasteiger partial charge >= 0.3 is 0 Å². The predicted molar refractivity (Wildman–Crippen MR) is 78.7 cm³/mol. The third kappa shape index (κ3) is 2.58. The number of likely N-dealkylation sites (tertiary alicyclic amines) is 1. The Balaban J connectivity index is 1.63. The fourth-order valence-corrected chi connectivity index (χ4v) is 3.24. The van der Waals surface area contributed by atoms with E-state index < -0.39 is 0 Å². The third-order valence-electron chi connectivity index (χ3n) is 4.49. The minimum absolute atomic E-state index is 0.179. The van der Waals surface area contributed by atoms with Crippen molar-refractivity contribution in [3.63, 3.8) is 0 Å². The highest BCUT2D eigenvalue weighted by atomic mass is 16.3. The van der Waals surface area contributed by atoms with E-state index in [1.165, 1.54) is 5.56 Å². The molecule has 2 aliphatic rings. The summed E-state index contributed by atoms with van der Waals surface area (Å²) < 4.78 is 0. The van der Waals surface area contributed by atoms with Crippen molar-refractivity contribution in [1.29, 1.82) is 0 Å². The van der Waals surface area contributed by atoms with Crippen molar-refractivity contribution >= 4 is 11.6 Å². The number of para-hydroxylation sites is 1. The number of aliphatic hydroxyl groups is 1. The van der Waals surface area contributed by atoms with Gasteiger partial charge in [-0.25, -0.2) is 0 Å². The molecule has 0 aliphatic carbocycles. The Labute approximate surface area is 120 Å². The van der Waals surface area contributed by atoms with E-state index in [0.717, 1.165) is 38.2 Å². The Morgan fingerprint density at radius 2 is 2.15 bits per heavy atom. The number of fused-ring (bicyclic) bond motifs is 1. The first-order chi connectivity index (χ1) is 9.65. The molecule has 108 valence electrons. The number of rotatable bonds is 2. The molecule has 1 N–H and O–H groups in total. The van der Waals surface area contributed by atoms with Crippen molar-refractivity contribution in [1.82, 2.24) is 4.90 Å². The largest absolute Gasteiger partial charge is 0.393 e. The number of anilines is 1. The molecule has 3 rings (SSSR count). The molecule has 1 fully saturated rings. The monoisotopic (exact) mass is 274 g/mol. The molecule has 0 saturated carbocycles. The van der Waals surface area contributed by atoms with Gasteiger partial charge in [0.05, 0.1) is 12.6 Å². The Morgan fingerprint density at radius 1 is 1.35 bits per heavy atom. The zero-order valence-electron chi connectivity index (χ0n) is 12.0. The lowest BCUT2D eigenvalue weighted by Gasteiger charge is -2.34. The van der Waals surface area contributed by atoms with Crippen LogP contribution < -0.4 is 4.90 Å². The zero-order valence-corrected chi connectivity index (χ0v) is 12.0. The quantitative estimate of drug-likeness (QED) is 0.883. The van der Waals surface area contributed by atoms with E-state index in [4.69, 9.17) is 0 Å². The van der Waals surface area contributed by atoms with E-state index in [0.29, 0.717) is 6.54 Å². The van der Waals surface area contributed by atoms with Crippen molar-refractivity contribution in [3.8, 4) is 0 Å². The molecule has 1 aromatic carbocycles. The number of carbonyl (C=O) groups is 1. The normalized spacial score (nSPS) is 26.6. The Bertz CT molecular complexity index is 503. The smallest absolute Gasteiger partial charge is 0.241 e. The lowest BCUT2D eigenvalue weighted by Crippen LogP contribution is -2.47. The maximum atomic E-state index is 12.5. The third-order valence-corrected chi connectivity index (χ3v) is 4.49. The van der Waals surface area contributed by atoms with Gasteiger partial charge in [0.15, 0.2) is 0 Å². The van der Waals surface area contributed by atoms with E-state index in [1.54, 1.807) is 0 Å². The summed E-state index contributed by atoms with van der Waals surface area (Å²) in [7, 11) is 0. The molecule has 20 heavy (non-hydrogen) atoms. The van der Waals surface area contributed by atoms with Gasteiger partial charge in [0.25, 0.3) is 0 Å². The van der Waals surface area contributed by atoms with Gasteiger partial charge in [-0.05, 0) is 30.4 Å². The van der Waals surface area contributed by atoms with Crippen LogP contribution in [0.1, 0.15) is 18.9 Å². The summed E-state index contributed by atoms with van der Waals surface area (Å²) in [5, 5.41) is 9.75. The minimum Gasteiger partial charge on any atom is -0.393 e. The lowest BCUT2D eigenvalue weighted by molar-refractivity contribution is -0.120. The first kappa shape index (κ1) is 13.6. The van der Waals surface area contributed by atoms with E-state index in [-0.39, 0.29) is 17.9 Å². The number of hydrogen-bond donors (Lipinski definition) is 1. The summed E-state index contributed by atoms with van der Waals surface area (Å²) in [5.74, 6) is 0.431. The molecule has 4 nitrogen and oxygen atoms in total. The van der Waals surface area contributed by atoms with Gasteiger partial charge in [0, 0.05) is 25.3 Å². The summed E-state index contributed by atoms with van der Waals surface area (Å²) in [6.07, 6.45) is 1.51. The van der Waals surface area contributed by atoms with Crippen LogP contribution in [0, 0.1) is 5.92 Å². The summed E-state index contributed by atoms with van der Waals surface area (Å²) in [6, 6.07) is 8.15. The number of hydrogen-bond acceptors (Lipinski definition) is 3. The molecule has 0 radical (unpaired) electrons. The molecule has 0 aromatic heterocycles. The molecule has 1 aromatic rings. The van der Waals surface area contributed by atoms with E-state index in [1.807, 2.05) is 30.0 Å². The van der Waals surface area contributed by atoms with Gasteiger partial charge in [0.2, 0.25) is 5.91 Å². The number of nitrogens with zero attached hydrogens (tertiary/aromatic N) is 2. The van der Waals surface area contributed by atoms with E-state index >= 15 is 0 Å². The molecule has 4 heteroatoms. The van der Waals surface area contributed by atoms with Gasteiger partial charge < -0.3 is 10.0 Å². The van der Waals surface area contributed by atoms with Crippen molar-refractivity contribution < 1.29 is 9.90 Å². The number of aliphatic hydroxyl groups excluding tert-OH is 1. The number of piperidine rings is 1. The fourth-order valence-electron chi connectivity index (χ4n) is 3.24. The van der Waals surface area contributed by atoms with Crippen LogP contribution in [0.4, 0.5) is 5.69 Å². The van der Waals surface area contributed by atoms with Crippen molar-refractivity contribution in [3.05, 3.63) is 29.8 Å². The van der Waals surface area contributed by atoms with Gasteiger partial charge in [-0.1, -0.05) is 25.1 Å². The summed E-state index contributed by atoms with van der Waals surface area (Å²) in [6.45, 7) is 4.93. The van der Waals surface area contributed by atoms with Gasteiger partial charge in [-0.15, -0.1) is 0 Å². The van der Waals surface area contributed by atoms with Crippen LogP contribution in [0.3, 0.4) is 0 Å². The van der Waals surface area contributed by atoms with Gasteiger partial charge in [-0.3, -0.25) is 9.69 Å².